The van der Waals surface area contributed by atoms with E-state index in [2.05, 4.69) is 6.58 Å². The molecule has 0 radical (unpaired) electrons. The summed E-state index contributed by atoms with van der Waals surface area (Å²) in [4.78, 5) is 22.9. The van der Waals surface area contributed by atoms with Crippen LogP contribution in [0.3, 0.4) is 0 Å². The Kier molecular flexibility index (Phi) is 4.31. The van der Waals surface area contributed by atoms with Crippen molar-refractivity contribution in [2.45, 2.75) is 27.3 Å². The monoisotopic (exact) mass is 251 g/mol. The fraction of sp³-hybridized carbons (Fsp3) is 0.385. The van der Waals surface area contributed by atoms with E-state index < -0.39 is 11.9 Å². The lowest BCUT2D eigenvalue weighted by Crippen LogP contribution is -2.11. The van der Waals surface area contributed by atoms with E-state index in [1.165, 1.54) is 14.0 Å². The van der Waals surface area contributed by atoms with Crippen LogP contribution in [0.25, 0.3) is 0 Å². The molecule has 0 fully saturated rings. The Bertz CT molecular complexity index is 500. The van der Waals surface area contributed by atoms with Gasteiger partial charge in [0.15, 0.2) is 0 Å². The molecular weight excluding hydrogens is 234 g/mol. The highest BCUT2D eigenvalue weighted by Crippen LogP contribution is 2.29. The van der Waals surface area contributed by atoms with Gasteiger partial charge in [0.05, 0.1) is 7.11 Å². The van der Waals surface area contributed by atoms with Crippen LogP contribution in [-0.2, 0) is 16.1 Å². The summed E-state index contributed by atoms with van der Waals surface area (Å²) in [5, 5.41) is 0. The number of nitrogens with zero attached hydrogens (tertiary/aromatic N) is 1. The zero-order valence-corrected chi connectivity index (χ0v) is 11.1. The van der Waals surface area contributed by atoms with Gasteiger partial charge in [0, 0.05) is 19.2 Å². The van der Waals surface area contributed by atoms with Crippen LogP contribution in [0.1, 0.15) is 28.5 Å². The highest BCUT2D eigenvalue weighted by molar-refractivity contribution is 5.95. The minimum Gasteiger partial charge on any atom is -0.465 e. The summed E-state index contributed by atoms with van der Waals surface area (Å²) in [6.45, 7) is 9.01. The molecule has 0 bridgehead atoms. The first-order valence-electron chi connectivity index (χ1n) is 5.51. The van der Waals surface area contributed by atoms with E-state index in [0.717, 1.165) is 11.3 Å². The van der Waals surface area contributed by atoms with Crippen molar-refractivity contribution in [1.29, 1.82) is 0 Å². The highest BCUT2D eigenvalue weighted by atomic mass is 16.6. The van der Waals surface area contributed by atoms with E-state index in [1.807, 2.05) is 6.92 Å². The quantitative estimate of drug-likeness (QED) is 0.606. The van der Waals surface area contributed by atoms with Gasteiger partial charge in [0.2, 0.25) is 5.88 Å². The van der Waals surface area contributed by atoms with Crippen LogP contribution in [0.15, 0.2) is 12.7 Å². The summed E-state index contributed by atoms with van der Waals surface area (Å²) in [5.74, 6) is -0.790. The number of carbonyl (C=O) groups excluding carboxylic acids is 2. The van der Waals surface area contributed by atoms with E-state index in [1.54, 1.807) is 17.6 Å². The molecule has 1 aromatic heterocycles. The number of hydrogen-bond donors (Lipinski definition) is 0. The minimum absolute atomic E-state index is 0.212. The summed E-state index contributed by atoms with van der Waals surface area (Å²) in [6.07, 6.45) is 1.67. The smallest absolute Gasteiger partial charge is 0.343 e. The summed E-state index contributed by atoms with van der Waals surface area (Å²) in [6, 6.07) is 0. The Morgan fingerprint density at radius 2 is 2.00 bits per heavy atom. The molecule has 5 heteroatoms. The van der Waals surface area contributed by atoms with E-state index >= 15 is 0 Å². The van der Waals surface area contributed by atoms with Crippen LogP contribution in [0.2, 0.25) is 0 Å². The third-order valence-corrected chi connectivity index (χ3v) is 2.72. The maximum atomic E-state index is 11.8. The van der Waals surface area contributed by atoms with Crippen LogP contribution in [0, 0.1) is 13.8 Å². The average Bonchev–Trinajstić information content (AvgIpc) is 2.53. The van der Waals surface area contributed by atoms with Gasteiger partial charge in [-0.1, -0.05) is 6.08 Å². The second kappa shape index (κ2) is 5.53. The average molecular weight is 251 g/mol. The van der Waals surface area contributed by atoms with Crippen molar-refractivity contribution >= 4 is 11.9 Å². The molecule has 0 saturated heterocycles. The Labute approximate surface area is 106 Å². The van der Waals surface area contributed by atoms with E-state index in [4.69, 9.17) is 9.47 Å². The molecule has 0 saturated carbocycles. The molecule has 0 atom stereocenters. The van der Waals surface area contributed by atoms with Crippen molar-refractivity contribution in [3.63, 3.8) is 0 Å². The lowest BCUT2D eigenvalue weighted by atomic mass is 10.2. The zero-order chi connectivity index (χ0) is 13.9. The van der Waals surface area contributed by atoms with Gasteiger partial charge in [0.25, 0.3) is 0 Å². The SMILES string of the molecule is C=CCn1c(C)c(C)c(C(=O)OC)c1OC(C)=O. The second-order valence-corrected chi connectivity index (χ2v) is 3.88. The van der Waals surface area contributed by atoms with Gasteiger partial charge in [-0.15, -0.1) is 6.58 Å². The molecule has 98 valence electrons. The Morgan fingerprint density at radius 3 is 2.44 bits per heavy atom. The molecule has 1 rings (SSSR count). The number of carbonyl (C=O) groups is 2. The standard InChI is InChI=1S/C13H17NO4/c1-6-7-14-9(3)8(2)11(13(16)17-5)12(14)18-10(4)15/h6H,1,7H2,2-5H3. The van der Waals surface area contributed by atoms with Crippen molar-refractivity contribution in [3.8, 4) is 5.88 Å². The number of methoxy groups -OCH3 is 1. The molecule has 0 N–H and O–H groups in total. The largest absolute Gasteiger partial charge is 0.465 e. The van der Waals surface area contributed by atoms with Gasteiger partial charge in [-0.05, 0) is 19.4 Å². The van der Waals surface area contributed by atoms with Crippen LogP contribution < -0.4 is 4.74 Å². The van der Waals surface area contributed by atoms with Gasteiger partial charge in [-0.25, -0.2) is 4.79 Å². The molecule has 18 heavy (non-hydrogen) atoms. The van der Waals surface area contributed by atoms with Gasteiger partial charge >= 0.3 is 11.9 Å². The zero-order valence-electron chi connectivity index (χ0n) is 11.1. The van der Waals surface area contributed by atoms with Crippen LogP contribution in [-0.4, -0.2) is 23.6 Å². The molecule has 0 aliphatic rings. The fourth-order valence-electron chi connectivity index (χ4n) is 1.76. The lowest BCUT2D eigenvalue weighted by Gasteiger charge is -2.09. The number of allylic oxidation sites excluding steroid dienone is 1. The fourth-order valence-corrected chi connectivity index (χ4v) is 1.76. The number of rotatable bonds is 4. The van der Waals surface area contributed by atoms with Crippen LogP contribution >= 0.6 is 0 Å². The first-order chi connectivity index (χ1) is 8.43. The van der Waals surface area contributed by atoms with E-state index in [0.29, 0.717) is 6.54 Å². The van der Waals surface area contributed by atoms with Crippen molar-refractivity contribution in [2.75, 3.05) is 7.11 Å². The summed E-state index contributed by atoms with van der Waals surface area (Å²) in [5.41, 5.74) is 1.86. The molecule has 0 unspecified atom stereocenters. The molecule has 1 aromatic rings. The maximum absolute atomic E-state index is 11.8. The predicted octanol–water partition coefficient (Wildman–Crippen LogP) is 2.00. The predicted molar refractivity (Wildman–Crippen MR) is 66.8 cm³/mol. The van der Waals surface area contributed by atoms with Gasteiger partial charge in [-0.3, -0.25) is 4.79 Å². The Morgan fingerprint density at radius 1 is 1.39 bits per heavy atom. The first-order valence-corrected chi connectivity index (χ1v) is 5.51. The van der Waals surface area contributed by atoms with Crippen LogP contribution in [0.4, 0.5) is 0 Å². The van der Waals surface area contributed by atoms with Gasteiger partial charge in [0.1, 0.15) is 5.56 Å². The highest BCUT2D eigenvalue weighted by Gasteiger charge is 2.25. The summed E-state index contributed by atoms with van der Waals surface area (Å²) >= 11 is 0. The molecule has 0 amide bonds. The summed E-state index contributed by atoms with van der Waals surface area (Å²) in [7, 11) is 1.29. The van der Waals surface area contributed by atoms with E-state index in [9.17, 15) is 9.59 Å². The number of hydrogen-bond acceptors (Lipinski definition) is 4. The molecular formula is C13H17NO4. The number of esters is 2. The normalized spacial score (nSPS) is 10.0. The third-order valence-electron chi connectivity index (χ3n) is 2.72. The topological polar surface area (TPSA) is 57.5 Å². The number of ether oxygens (including phenoxy) is 2. The summed E-state index contributed by atoms with van der Waals surface area (Å²) < 4.78 is 11.6. The van der Waals surface area contributed by atoms with Crippen molar-refractivity contribution in [2.24, 2.45) is 0 Å². The molecule has 0 aromatic carbocycles. The van der Waals surface area contributed by atoms with Crippen LogP contribution in [0.5, 0.6) is 5.88 Å². The molecule has 0 aliphatic carbocycles. The minimum atomic E-state index is -0.519. The second-order valence-electron chi connectivity index (χ2n) is 3.88. The number of aromatic nitrogens is 1. The Balaban J connectivity index is 3.47. The first kappa shape index (κ1) is 14.0. The lowest BCUT2D eigenvalue weighted by molar-refractivity contribution is -0.132. The van der Waals surface area contributed by atoms with Crippen molar-refractivity contribution < 1.29 is 19.1 Å². The van der Waals surface area contributed by atoms with Gasteiger partial charge < -0.3 is 14.0 Å². The van der Waals surface area contributed by atoms with Crippen molar-refractivity contribution in [1.82, 2.24) is 4.57 Å². The molecule has 0 spiro atoms. The molecule has 5 nitrogen and oxygen atoms in total. The van der Waals surface area contributed by atoms with E-state index in [-0.39, 0.29) is 11.4 Å². The third kappa shape index (κ3) is 2.45. The van der Waals surface area contributed by atoms with Gasteiger partial charge in [-0.2, -0.15) is 0 Å². The molecule has 1 heterocycles. The Hall–Kier alpha value is -2.04. The maximum Gasteiger partial charge on any atom is 0.343 e. The molecule has 0 aliphatic heterocycles. The van der Waals surface area contributed by atoms with Crippen molar-refractivity contribution in [3.05, 3.63) is 29.5 Å².